The van der Waals surface area contributed by atoms with E-state index in [1.54, 1.807) is 18.2 Å². The van der Waals surface area contributed by atoms with Crippen LogP contribution in [0.3, 0.4) is 0 Å². The van der Waals surface area contributed by atoms with Crippen LogP contribution in [0.5, 0.6) is 28.7 Å². The number of phenolic OH excluding ortho intramolecular Hbond substituents is 1. The van der Waals surface area contributed by atoms with Gasteiger partial charge in [-0.2, -0.15) is 5.11 Å². The Morgan fingerprint density at radius 3 is 1.87 bits per heavy atom. The monoisotopic (exact) mass is 318 g/mol. The lowest BCUT2D eigenvalue weighted by Gasteiger charge is -2.12. The van der Waals surface area contributed by atoms with E-state index in [0.717, 1.165) is 0 Å². The second-order valence-corrected chi connectivity index (χ2v) is 4.44. The van der Waals surface area contributed by atoms with Crippen LogP contribution in [0.15, 0.2) is 40.6 Å². The molecule has 0 saturated heterocycles. The van der Waals surface area contributed by atoms with Crippen LogP contribution in [-0.4, -0.2) is 33.5 Å². The zero-order valence-corrected chi connectivity index (χ0v) is 13.4. The third-order valence-corrected chi connectivity index (χ3v) is 3.09. The molecule has 2 rings (SSSR count). The van der Waals surface area contributed by atoms with E-state index in [1.807, 2.05) is 0 Å². The van der Waals surface area contributed by atoms with Crippen molar-refractivity contribution in [3.63, 3.8) is 0 Å². The number of benzene rings is 2. The van der Waals surface area contributed by atoms with Crippen molar-refractivity contribution in [2.24, 2.45) is 10.2 Å². The van der Waals surface area contributed by atoms with Crippen LogP contribution in [0.25, 0.3) is 0 Å². The number of ether oxygens (including phenoxy) is 4. The van der Waals surface area contributed by atoms with Crippen molar-refractivity contribution in [1.29, 1.82) is 0 Å². The maximum absolute atomic E-state index is 9.45. The molecule has 122 valence electrons. The molecule has 0 saturated carbocycles. The lowest BCUT2D eigenvalue weighted by atomic mass is 10.2. The van der Waals surface area contributed by atoms with E-state index in [0.29, 0.717) is 34.4 Å². The first-order valence-electron chi connectivity index (χ1n) is 6.71. The average molecular weight is 318 g/mol. The molecule has 0 unspecified atom stereocenters. The number of methoxy groups -OCH3 is 4. The van der Waals surface area contributed by atoms with Crippen molar-refractivity contribution < 1.29 is 24.1 Å². The average Bonchev–Trinajstić information content (AvgIpc) is 2.59. The van der Waals surface area contributed by atoms with Crippen LogP contribution in [0.2, 0.25) is 0 Å². The molecule has 0 aliphatic heterocycles. The molecule has 23 heavy (non-hydrogen) atoms. The molecule has 0 atom stereocenters. The third kappa shape index (κ3) is 3.63. The minimum atomic E-state index is 0.0913. The van der Waals surface area contributed by atoms with Gasteiger partial charge in [0.25, 0.3) is 0 Å². The summed E-state index contributed by atoms with van der Waals surface area (Å²) >= 11 is 0. The minimum Gasteiger partial charge on any atom is -0.508 e. The van der Waals surface area contributed by atoms with E-state index in [1.165, 1.54) is 40.6 Å². The van der Waals surface area contributed by atoms with Crippen LogP contribution in [0, 0.1) is 0 Å². The summed E-state index contributed by atoms with van der Waals surface area (Å²) in [6.45, 7) is 0. The highest BCUT2D eigenvalue weighted by molar-refractivity contribution is 5.61. The van der Waals surface area contributed by atoms with E-state index >= 15 is 0 Å². The Morgan fingerprint density at radius 2 is 1.35 bits per heavy atom. The van der Waals surface area contributed by atoms with Crippen molar-refractivity contribution in [1.82, 2.24) is 0 Å². The Labute approximate surface area is 134 Å². The minimum absolute atomic E-state index is 0.0913. The maximum atomic E-state index is 9.45. The summed E-state index contributed by atoms with van der Waals surface area (Å²) in [5.74, 6) is 1.96. The third-order valence-electron chi connectivity index (χ3n) is 3.09. The first-order valence-corrected chi connectivity index (χ1v) is 6.71. The molecule has 1 N–H and O–H groups in total. The van der Waals surface area contributed by atoms with Gasteiger partial charge in [0.15, 0.2) is 11.5 Å². The first-order chi connectivity index (χ1) is 11.1. The number of rotatable bonds is 6. The Bertz CT molecular complexity index is 691. The molecule has 0 bridgehead atoms. The number of nitrogens with zero attached hydrogens (tertiary/aromatic N) is 2. The van der Waals surface area contributed by atoms with E-state index < -0.39 is 0 Å². The SMILES string of the molecule is COc1cc(O)ccc1/N=N/c1cc(OC)c(OC)c(OC)c1. The van der Waals surface area contributed by atoms with Crippen LogP contribution in [0.1, 0.15) is 0 Å². The van der Waals surface area contributed by atoms with Gasteiger partial charge in [-0.3, -0.25) is 0 Å². The normalized spacial score (nSPS) is 10.6. The summed E-state index contributed by atoms with van der Waals surface area (Å²) in [6.07, 6.45) is 0. The van der Waals surface area contributed by atoms with Gasteiger partial charge in [0.05, 0.1) is 34.1 Å². The highest BCUT2D eigenvalue weighted by atomic mass is 16.5. The molecule has 2 aromatic rings. The molecular weight excluding hydrogens is 300 g/mol. The topological polar surface area (TPSA) is 81.9 Å². The molecule has 0 heterocycles. The molecule has 0 spiro atoms. The van der Waals surface area contributed by atoms with Gasteiger partial charge in [-0.05, 0) is 12.1 Å². The standard InChI is InChI=1S/C16H18N2O5/c1-20-13-9-11(19)5-6-12(13)18-17-10-7-14(21-2)16(23-4)15(8-10)22-3/h5-9,19H,1-4H3/b18-17+. The smallest absolute Gasteiger partial charge is 0.203 e. The van der Waals surface area contributed by atoms with Crippen molar-refractivity contribution in [2.45, 2.75) is 0 Å². The summed E-state index contributed by atoms with van der Waals surface area (Å²) in [4.78, 5) is 0. The predicted octanol–water partition coefficient (Wildman–Crippen LogP) is 3.84. The number of phenols is 1. The van der Waals surface area contributed by atoms with Crippen molar-refractivity contribution >= 4 is 11.4 Å². The second-order valence-electron chi connectivity index (χ2n) is 4.44. The molecule has 0 aliphatic carbocycles. The number of azo groups is 1. The zero-order valence-electron chi connectivity index (χ0n) is 13.4. The van der Waals surface area contributed by atoms with Gasteiger partial charge in [0.2, 0.25) is 5.75 Å². The molecule has 2 aromatic carbocycles. The van der Waals surface area contributed by atoms with Crippen molar-refractivity contribution in [3.05, 3.63) is 30.3 Å². The van der Waals surface area contributed by atoms with Crippen LogP contribution < -0.4 is 18.9 Å². The van der Waals surface area contributed by atoms with Crippen LogP contribution in [-0.2, 0) is 0 Å². The first kappa shape index (κ1) is 16.4. The van der Waals surface area contributed by atoms with Crippen molar-refractivity contribution in [3.8, 4) is 28.7 Å². The molecule has 7 heteroatoms. The van der Waals surface area contributed by atoms with Gasteiger partial charge < -0.3 is 24.1 Å². The molecule has 0 aliphatic rings. The maximum Gasteiger partial charge on any atom is 0.203 e. The van der Waals surface area contributed by atoms with Gasteiger partial charge in [0, 0.05) is 18.2 Å². The molecule has 0 aromatic heterocycles. The van der Waals surface area contributed by atoms with E-state index in [2.05, 4.69) is 10.2 Å². The highest BCUT2D eigenvalue weighted by Gasteiger charge is 2.13. The van der Waals surface area contributed by atoms with E-state index in [-0.39, 0.29) is 5.75 Å². The van der Waals surface area contributed by atoms with E-state index in [4.69, 9.17) is 18.9 Å². The van der Waals surface area contributed by atoms with Crippen LogP contribution in [0.4, 0.5) is 11.4 Å². The zero-order chi connectivity index (χ0) is 16.8. The number of hydrogen-bond donors (Lipinski definition) is 1. The molecule has 0 fully saturated rings. The highest BCUT2D eigenvalue weighted by Crippen LogP contribution is 2.41. The second kappa shape index (κ2) is 7.35. The van der Waals surface area contributed by atoms with Gasteiger partial charge >= 0.3 is 0 Å². The summed E-state index contributed by atoms with van der Waals surface area (Å²) < 4.78 is 20.9. The van der Waals surface area contributed by atoms with Crippen molar-refractivity contribution in [2.75, 3.05) is 28.4 Å². The van der Waals surface area contributed by atoms with Gasteiger partial charge in [-0.15, -0.1) is 5.11 Å². The lowest BCUT2D eigenvalue weighted by Crippen LogP contribution is -1.94. The fourth-order valence-electron chi connectivity index (χ4n) is 1.99. The summed E-state index contributed by atoms with van der Waals surface area (Å²) in [6, 6.07) is 7.93. The Morgan fingerprint density at radius 1 is 0.739 bits per heavy atom. The van der Waals surface area contributed by atoms with Gasteiger partial charge in [-0.25, -0.2) is 0 Å². The molecule has 0 radical (unpaired) electrons. The lowest BCUT2D eigenvalue weighted by molar-refractivity contribution is 0.324. The van der Waals surface area contributed by atoms with Crippen LogP contribution >= 0.6 is 0 Å². The molecule has 7 nitrogen and oxygen atoms in total. The fourth-order valence-corrected chi connectivity index (χ4v) is 1.99. The summed E-state index contributed by atoms with van der Waals surface area (Å²) in [5, 5.41) is 17.7. The predicted molar refractivity (Wildman–Crippen MR) is 84.9 cm³/mol. The quantitative estimate of drug-likeness (QED) is 0.818. The Hall–Kier alpha value is -2.96. The largest absolute Gasteiger partial charge is 0.508 e. The fraction of sp³-hybridized carbons (Fsp3) is 0.250. The van der Waals surface area contributed by atoms with Gasteiger partial charge in [-0.1, -0.05) is 0 Å². The molecule has 0 amide bonds. The van der Waals surface area contributed by atoms with Gasteiger partial charge in [0.1, 0.15) is 17.2 Å². The molecular formula is C16H18N2O5. The summed E-state index contributed by atoms with van der Waals surface area (Å²) in [7, 11) is 6.08. The van der Waals surface area contributed by atoms with E-state index in [9.17, 15) is 5.11 Å². The number of hydrogen-bond acceptors (Lipinski definition) is 7. The Kier molecular flexibility index (Phi) is 5.24. The summed E-state index contributed by atoms with van der Waals surface area (Å²) in [5.41, 5.74) is 1.01. The Balaban J connectivity index is 2.40. The number of aromatic hydroxyl groups is 1.